The van der Waals surface area contributed by atoms with E-state index in [9.17, 15) is 9.59 Å². The maximum atomic E-state index is 12.4. The number of amides is 1. The Morgan fingerprint density at radius 2 is 2.23 bits per heavy atom. The molecule has 2 aromatic heterocycles. The van der Waals surface area contributed by atoms with Gasteiger partial charge >= 0.3 is 0 Å². The summed E-state index contributed by atoms with van der Waals surface area (Å²) in [6.45, 7) is 2.01. The maximum absolute atomic E-state index is 12.4. The molecule has 1 saturated heterocycles. The van der Waals surface area contributed by atoms with Crippen LogP contribution in [0, 0.1) is 0 Å². The number of hydrogen-bond donors (Lipinski definition) is 1. The number of aromatic nitrogens is 2. The molecular weight excluding hydrogens is 334 g/mol. The highest BCUT2D eigenvalue weighted by Gasteiger charge is 2.29. The number of likely N-dealkylation sites (N-methyl/N-ethyl adjacent to an activating group) is 1. The van der Waals surface area contributed by atoms with Crippen molar-refractivity contribution in [3.63, 3.8) is 0 Å². The van der Waals surface area contributed by atoms with Gasteiger partial charge in [0, 0.05) is 45.8 Å². The minimum atomic E-state index is -0.157. The first-order chi connectivity index (χ1) is 12.4. The molecule has 0 spiro atoms. The molecule has 1 fully saturated rings. The minimum Gasteiger partial charge on any atom is -0.472 e. The third-order valence-corrected chi connectivity index (χ3v) is 4.69. The average Bonchev–Trinajstić information content (AvgIpc) is 3.25. The van der Waals surface area contributed by atoms with E-state index in [1.165, 1.54) is 6.07 Å². The number of furan rings is 1. The van der Waals surface area contributed by atoms with Crippen LogP contribution in [0.25, 0.3) is 0 Å². The Labute approximate surface area is 152 Å². The van der Waals surface area contributed by atoms with Crippen molar-refractivity contribution in [2.75, 3.05) is 39.1 Å². The summed E-state index contributed by atoms with van der Waals surface area (Å²) in [4.78, 5) is 37.2. The molecule has 140 valence electrons. The molecule has 1 amide bonds. The van der Waals surface area contributed by atoms with Crippen LogP contribution in [0.15, 0.2) is 33.9 Å². The zero-order valence-corrected chi connectivity index (χ0v) is 15.4. The first-order valence-electron chi connectivity index (χ1n) is 8.69. The molecule has 1 aliphatic rings. The molecule has 1 aliphatic heterocycles. The lowest BCUT2D eigenvalue weighted by atomic mass is 10.2. The Morgan fingerprint density at radius 1 is 1.42 bits per heavy atom. The van der Waals surface area contributed by atoms with E-state index in [0.29, 0.717) is 25.5 Å². The van der Waals surface area contributed by atoms with Crippen LogP contribution in [-0.2, 0) is 17.8 Å². The highest BCUT2D eigenvalue weighted by Crippen LogP contribution is 2.18. The van der Waals surface area contributed by atoms with Gasteiger partial charge in [0.1, 0.15) is 0 Å². The fourth-order valence-corrected chi connectivity index (χ4v) is 3.18. The number of nitrogens with zero attached hydrogens (tertiary/aromatic N) is 4. The SMILES string of the molecule is CN(C)c1nc(CN(C)C2CCN(C(=O)Cc3ccoc3)C2)cc(=O)[nH]1. The number of nitrogens with one attached hydrogen (secondary N) is 1. The average molecular weight is 359 g/mol. The molecule has 0 aliphatic carbocycles. The van der Waals surface area contributed by atoms with Gasteiger partial charge in [0.25, 0.3) is 5.56 Å². The second-order valence-corrected chi connectivity index (χ2v) is 6.96. The maximum Gasteiger partial charge on any atom is 0.252 e. The molecule has 3 heterocycles. The summed E-state index contributed by atoms with van der Waals surface area (Å²) in [6, 6.07) is 3.60. The normalized spacial score (nSPS) is 17.1. The second-order valence-electron chi connectivity index (χ2n) is 6.96. The summed E-state index contributed by atoms with van der Waals surface area (Å²) < 4.78 is 5.02. The van der Waals surface area contributed by atoms with Crippen molar-refractivity contribution in [3.05, 3.63) is 46.3 Å². The van der Waals surface area contributed by atoms with Gasteiger partial charge in [-0.2, -0.15) is 0 Å². The van der Waals surface area contributed by atoms with Crippen LogP contribution in [0.3, 0.4) is 0 Å². The molecular formula is C18H25N5O3. The topological polar surface area (TPSA) is 85.7 Å². The molecule has 2 aromatic rings. The molecule has 0 radical (unpaired) electrons. The number of rotatable bonds is 6. The number of carbonyl (C=O) groups excluding carboxylic acids is 1. The van der Waals surface area contributed by atoms with Gasteiger partial charge in [0.15, 0.2) is 0 Å². The summed E-state index contributed by atoms with van der Waals surface area (Å²) in [6.07, 6.45) is 4.48. The fraction of sp³-hybridized carbons (Fsp3) is 0.500. The Bertz CT molecular complexity index is 799. The van der Waals surface area contributed by atoms with E-state index in [2.05, 4.69) is 14.9 Å². The van der Waals surface area contributed by atoms with Crippen molar-refractivity contribution < 1.29 is 9.21 Å². The molecule has 1 unspecified atom stereocenters. The molecule has 0 saturated carbocycles. The summed E-state index contributed by atoms with van der Waals surface area (Å²) >= 11 is 0. The van der Waals surface area contributed by atoms with E-state index < -0.39 is 0 Å². The zero-order valence-electron chi connectivity index (χ0n) is 15.4. The fourth-order valence-electron chi connectivity index (χ4n) is 3.18. The lowest BCUT2D eigenvalue weighted by molar-refractivity contribution is -0.129. The van der Waals surface area contributed by atoms with E-state index in [1.807, 2.05) is 32.1 Å². The number of hydrogen-bond acceptors (Lipinski definition) is 6. The van der Waals surface area contributed by atoms with E-state index >= 15 is 0 Å². The van der Waals surface area contributed by atoms with Gasteiger partial charge in [-0.1, -0.05) is 0 Å². The van der Waals surface area contributed by atoms with Gasteiger partial charge in [-0.15, -0.1) is 0 Å². The van der Waals surface area contributed by atoms with Crippen LogP contribution in [0.4, 0.5) is 5.95 Å². The van der Waals surface area contributed by atoms with E-state index in [0.717, 1.165) is 24.2 Å². The Morgan fingerprint density at radius 3 is 2.92 bits per heavy atom. The smallest absolute Gasteiger partial charge is 0.252 e. The molecule has 3 rings (SSSR count). The van der Waals surface area contributed by atoms with Crippen LogP contribution in [0.5, 0.6) is 0 Å². The molecule has 1 N–H and O–H groups in total. The second kappa shape index (κ2) is 7.74. The lowest BCUT2D eigenvalue weighted by Crippen LogP contribution is -2.37. The summed E-state index contributed by atoms with van der Waals surface area (Å²) in [5.74, 6) is 0.663. The number of carbonyl (C=O) groups is 1. The van der Waals surface area contributed by atoms with Crippen LogP contribution in [0.2, 0.25) is 0 Å². The number of aromatic amines is 1. The van der Waals surface area contributed by atoms with Crippen molar-refractivity contribution in [2.45, 2.75) is 25.4 Å². The largest absolute Gasteiger partial charge is 0.472 e. The van der Waals surface area contributed by atoms with E-state index in [1.54, 1.807) is 17.4 Å². The number of anilines is 1. The van der Waals surface area contributed by atoms with Crippen molar-refractivity contribution >= 4 is 11.9 Å². The molecule has 26 heavy (non-hydrogen) atoms. The molecule has 8 nitrogen and oxygen atoms in total. The number of H-pyrrole nitrogens is 1. The van der Waals surface area contributed by atoms with Crippen molar-refractivity contribution in [2.24, 2.45) is 0 Å². The highest BCUT2D eigenvalue weighted by atomic mass is 16.3. The van der Waals surface area contributed by atoms with Crippen molar-refractivity contribution in [3.8, 4) is 0 Å². The van der Waals surface area contributed by atoms with Crippen LogP contribution < -0.4 is 10.5 Å². The third-order valence-electron chi connectivity index (χ3n) is 4.69. The predicted molar refractivity (Wildman–Crippen MR) is 98.0 cm³/mol. The minimum absolute atomic E-state index is 0.117. The van der Waals surface area contributed by atoms with Gasteiger partial charge in [0.2, 0.25) is 11.9 Å². The van der Waals surface area contributed by atoms with Crippen LogP contribution in [-0.4, -0.2) is 65.9 Å². The first kappa shape index (κ1) is 18.2. The van der Waals surface area contributed by atoms with Crippen LogP contribution >= 0.6 is 0 Å². The summed E-state index contributed by atoms with van der Waals surface area (Å²) in [5, 5.41) is 0. The number of likely N-dealkylation sites (tertiary alicyclic amines) is 1. The monoisotopic (exact) mass is 359 g/mol. The van der Waals surface area contributed by atoms with Gasteiger partial charge in [0.05, 0.1) is 24.6 Å². The summed E-state index contributed by atoms with van der Waals surface area (Å²) in [5.41, 5.74) is 1.47. The van der Waals surface area contributed by atoms with E-state index in [4.69, 9.17) is 4.42 Å². The van der Waals surface area contributed by atoms with Gasteiger partial charge in [-0.25, -0.2) is 4.98 Å². The van der Waals surface area contributed by atoms with E-state index in [-0.39, 0.29) is 17.5 Å². The van der Waals surface area contributed by atoms with Gasteiger partial charge in [-0.3, -0.25) is 19.5 Å². The van der Waals surface area contributed by atoms with Crippen LogP contribution in [0.1, 0.15) is 17.7 Å². The Balaban J connectivity index is 1.58. The predicted octanol–water partition coefficient (Wildman–Crippen LogP) is 0.704. The Hall–Kier alpha value is -2.61. The first-order valence-corrected chi connectivity index (χ1v) is 8.69. The summed E-state index contributed by atoms with van der Waals surface area (Å²) in [7, 11) is 5.69. The highest BCUT2D eigenvalue weighted by molar-refractivity contribution is 5.79. The zero-order chi connectivity index (χ0) is 18.7. The van der Waals surface area contributed by atoms with Crippen molar-refractivity contribution in [1.82, 2.24) is 19.8 Å². The molecule has 0 aromatic carbocycles. The standard InChI is InChI=1S/C18H25N5O3/c1-21(2)18-19-14(9-16(24)20-18)10-22(3)15-4-6-23(11-15)17(25)8-13-5-7-26-12-13/h5,7,9,12,15H,4,6,8,10-11H2,1-3H3,(H,19,20,24). The lowest BCUT2D eigenvalue weighted by Gasteiger charge is -2.24. The van der Waals surface area contributed by atoms with Gasteiger partial charge < -0.3 is 14.2 Å². The Kier molecular flexibility index (Phi) is 5.41. The third kappa shape index (κ3) is 4.32. The van der Waals surface area contributed by atoms with Crippen molar-refractivity contribution in [1.29, 1.82) is 0 Å². The van der Waals surface area contributed by atoms with Gasteiger partial charge in [-0.05, 0) is 25.1 Å². The quantitative estimate of drug-likeness (QED) is 0.817. The molecule has 0 bridgehead atoms. The molecule has 8 heteroatoms. The molecule has 1 atom stereocenters.